The minimum atomic E-state index is 0.460. The van der Waals surface area contributed by atoms with Gasteiger partial charge in [-0.3, -0.25) is 0 Å². The molecule has 2 nitrogen and oxygen atoms in total. The highest BCUT2D eigenvalue weighted by Gasteiger charge is 2.32. The van der Waals surface area contributed by atoms with Crippen molar-refractivity contribution in [2.75, 3.05) is 0 Å². The topological polar surface area (TPSA) is 38.0 Å². The monoisotopic (exact) mass is 196 g/mol. The van der Waals surface area contributed by atoms with E-state index in [2.05, 4.69) is 19.2 Å². The molecule has 0 heterocycles. The number of hydrogen-bond acceptors (Lipinski definition) is 2. The molecule has 3 N–H and O–H groups in total. The van der Waals surface area contributed by atoms with E-state index >= 15 is 0 Å². The van der Waals surface area contributed by atoms with E-state index in [0.717, 1.165) is 17.9 Å². The molecule has 0 spiro atoms. The second-order valence-corrected chi connectivity index (χ2v) is 5.46. The number of nitrogens with two attached hydrogens (primary N) is 1. The van der Waals surface area contributed by atoms with Crippen molar-refractivity contribution in [3.63, 3.8) is 0 Å². The van der Waals surface area contributed by atoms with Gasteiger partial charge in [0, 0.05) is 18.1 Å². The fourth-order valence-electron chi connectivity index (χ4n) is 3.07. The summed E-state index contributed by atoms with van der Waals surface area (Å²) < 4.78 is 0. The van der Waals surface area contributed by atoms with Crippen molar-refractivity contribution in [3.05, 3.63) is 0 Å². The Balaban J connectivity index is 1.80. The molecular weight excluding hydrogens is 172 g/mol. The number of hydrogen-bond donors (Lipinski definition) is 2. The van der Waals surface area contributed by atoms with E-state index in [9.17, 15) is 0 Å². The SMILES string of the molecule is CC1CCC(NC2CCC(N)C2)C1C. The molecule has 2 aliphatic rings. The van der Waals surface area contributed by atoms with Gasteiger partial charge >= 0.3 is 0 Å². The molecule has 0 aromatic rings. The van der Waals surface area contributed by atoms with E-state index < -0.39 is 0 Å². The molecule has 2 fully saturated rings. The average molecular weight is 196 g/mol. The Labute approximate surface area is 87.6 Å². The highest BCUT2D eigenvalue weighted by Crippen LogP contribution is 2.32. The highest BCUT2D eigenvalue weighted by atomic mass is 15.0. The van der Waals surface area contributed by atoms with Crippen molar-refractivity contribution in [2.24, 2.45) is 17.6 Å². The van der Waals surface area contributed by atoms with E-state index in [4.69, 9.17) is 5.73 Å². The molecular formula is C12H24N2. The van der Waals surface area contributed by atoms with Crippen LogP contribution >= 0.6 is 0 Å². The third-order valence-corrected chi connectivity index (χ3v) is 4.39. The lowest BCUT2D eigenvalue weighted by atomic mass is 9.97. The summed E-state index contributed by atoms with van der Waals surface area (Å²) in [4.78, 5) is 0. The van der Waals surface area contributed by atoms with Gasteiger partial charge in [-0.05, 0) is 43.9 Å². The van der Waals surface area contributed by atoms with Gasteiger partial charge in [-0.1, -0.05) is 13.8 Å². The van der Waals surface area contributed by atoms with Crippen molar-refractivity contribution in [1.82, 2.24) is 5.32 Å². The predicted octanol–water partition coefficient (Wildman–Crippen LogP) is 1.89. The first-order valence-corrected chi connectivity index (χ1v) is 6.18. The Morgan fingerprint density at radius 2 is 1.86 bits per heavy atom. The lowest BCUT2D eigenvalue weighted by Crippen LogP contribution is -2.39. The maximum Gasteiger partial charge on any atom is 0.00979 e. The molecule has 2 saturated carbocycles. The van der Waals surface area contributed by atoms with Crippen LogP contribution in [0.5, 0.6) is 0 Å². The molecule has 2 heteroatoms. The zero-order valence-corrected chi connectivity index (χ0v) is 9.50. The van der Waals surface area contributed by atoms with Gasteiger partial charge in [-0.2, -0.15) is 0 Å². The summed E-state index contributed by atoms with van der Waals surface area (Å²) in [5.41, 5.74) is 5.92. The normalized spacial score (nSPS) is 48.6. The lowest BCUT2D eigenvalue weighted by molar-refractivity contribution is 0.337. The van der Waals surface area contributed by atoms with E-state index in [1.54, 1.807) is 0 Å². The third-order valence-electron chi connectivity index (χ3n) is 4.39. The molecule has 2 rings (SSSR count). The molecule has 0 bridgehead atoms. The molecule has 0 saturated heterocycles. The first kappa shape index (κ1) is 10.4. The summed E-state index contributed by atoms with van der Waals surface area (Å²) >= 11 is 0. The van der Waals surface area contributed by atoms with Crippen LogP contribution < -0.4 is 11.1 Å². The maximum atomic E-state index is 5.92. The first-order valence-electron chi connectivity index (χ1n) is 6.18. The number of rotatable bonds is 2. The molecule has 0 aromatic heterocycles. The van der Waals surface area contributed by atoms with E-state index in [0.29, 0.717) is 12.1 Å². The quantitative estimate of drug-likeness (QED) is 0.708. The van der Waals surface area contributed by atoms with Crippen LogP contribution in [0, 0.1) is 11.8 Å². The summed E-state index contributed by atoms with van der Waals surface area (Å²) in [6, 6.07) is 1.93. The second-order valence-electron chi connectivity index (χ2n) is 5.46. The van der Waals surface area contributed by atoms with Crippen LogP contribution in [-0.2, 0) is 0 Å². The second kappa shape index (κ2) is 4.19. The van der Waals surface area contributed by atoms with Gasteiger partial charge in [0.15, 0.2) is 0 Å². The van der Waals surface area contributed by atoms with Crippen molar-refractivity contribution in [2.45, 2.75) is 64.1 Å². The molecule has 2 aliphatic carbocycles. The molecule has 0 aliphatic heterocycles. The molecule has 82 valence electrons. The average Bonchev–Trinajstić information content (AvgIpc) is 2.67. The smallest absolute Gasteiger partial charge is 0.00979 e. The van der Waals surface area contributed by atoms with Crippen molar-refractivity contribution in [3.8, 4) is 0 Å². The van der Waals surface area contributed by atoms with Crippen LogP contribution in [-0.4, -0.2) is 18.1 Å². The summed E-state index contributed by atoms with van der Waals surface area (Å²) in [5, 5.41) is 3.81. The summed E-state index contributed by atoms with van der Waals surface area (Å²) in [5.74, 6) is 1.76. The van der Waals surface area contributed by atoms with Crippen molar-refractivity contribution < 1.29 is 0 Å². The standard InChI is InChI=1S/C12H24N2/c1-8-3-6-12(9(8)2)14-11-5-4-10(13)7-11/h8-12,14H,3-7,13H2,1-2H3. The summed E-state index contributed by atoms with van der Waals surface area (Å²) in [7, 11) is 0. The zero-order chi connectivity index (χ0) is 10.1. The highest BCUT2D eigenvalue weighted by molar-refractivity contribution is 4.90. The third kappa shape index (κ3) is 2.12. The molecule has 0 amide bonds. The van der Waals surface area contributed by atoms with Crippen molar-refractivity contribution in [1.29, 1.82) is 0 Å². The Hall–Kier alpha value is -0.0800. The minimum absolute atomic E-state index is 0.460. The van der Waals surface area contributed by atoms with Crippen LogP contribution in [0.4, 0.5) is 0 Å². The zero-order valence-electron chi connectivity index (χ0n) is 9.50. The van der Waals surface area contributed by atoms with Crippen LogP contribution in [0.25, 0.3) is 0 Å². The lowest BCUT2D eigenvalue weighted by Gasteiger charge is -2.23. The van der Waals surface area contributed by atoms with Gasteiger partial charge in [-0.25, -0.2) is 0 Å². The van der Waals surface area contributed by atoms with Gasteiger partial charge < -0.3 is 11.1 Å². The van der Waals surface area contributed by atoms with Gasteiger partial charge in [-0.15, -0.1) is 0 Å². The summed E-state index contributed by atoms with van der Waals surface area (Å²) in [6.07, 6.45) is 6.47. The maximum absolute atomic E-state index is 5.92. The molecule has 0 aromatic carbocycles. The van der Waals surface area contributed by atoms with Crippen LogP contribution in [0.2, 0.25) is 0 Å². The van der Waals surface area contributed by atoms with Crippen LogP contribution in [0.15, 0.2) is 0 Å². The van der Waals surface area contributed by atoms with Crippen LogP contribution in [0.3, 0.4) is 0 Å². The predicted molar refractivity (Wildman–Crippen MR) is 60.1 cm³/mol. The van der Waals surface area contributed by atoms with Gasteiger partial charge in [0.05, 0.1) is 0 Å². The molecule has 5 atom stereocenters. The van der Waals surface area contributed by atoms with Gasteiger partial charge in [0.1, 0.15) is 0 Å². The summed E-state index contributed by atoms with van der Waals surface area (Å²) in [6.45, 7) is 4.77. The van der Waals surface area contributed by atoms with Crippen LogP contribution in [0.1, 0.15) is 46.0 Å². The van der Waals surface area contributed by atoms with E-state index in [1.807, 2.05) is 0 Å². The Morgan fingerprint density at radius 3 is 2.36 bits per heavy atom. The Kier molecular flexibility index (Phi) is 3.13. The van der Waals surface area contributed by atoms with Gasteiger partial charge in [0.2, 0.25) is 0 Å². The minimum Gasteiger partial charge on any atom is -0.328 e. The number of nitrogens with one attached hydrogen (secondary N) is 1. The van der Waals surface area contributed by atoms with E-state index in [-0.39, 0.29) is 0 Å². The largest absolute Gasteiger partial charge is 0.328 e. The Morgan fingerprint density at radius 1 is 1.07 bits per heavy atom. The fourth-order valence-corrected chi connectivity index (χ4v) is 3.07. The Bertz CT molecular complexity index is 193. The molecule has 0 radical (unpaired) electrons. The molecule has 14 heavy (non-hydrogen) atoms. The first-order chi connectivity index (χ1) is 6.66. The van der Waals surface area contributed by atoms with E-state index in [1.165, 1.54) is 32.1 Å². The van der Waals surface area contributed by atoms with Gasteiger partial charge in [0.25, 0.3) is 0 Å². The fraction of sp³-hybridized carbons (Fsp3) is 1.00. The molecule has 5 unspecified atom stereocenters. The van der Waals surface area contributed by atoms with Crippen molar-refractivity contribution >= 4 is 0 Å².